The van der Waals surface area contributed by atoms with E-state index in [1.165, 1.54) is 6.07 Å². The number of pyridine rings is 1. The Morgan fingerprint density at radius 1 is 1.19 bits per heavy atom. The highest BCUT2D eigenvalue weighted by molar-refractivity contribution is 5.94. The third-order valence-electron chi connectivity index (χ3n) is 6.18. The number of aromatic nitrogens is 1. The fraction of sp³-hybridized carbons (Fsp3) is 0.478. The molecule has 0 aliphatic heterocycles. The van der Waals surface area contributed by atoms with Gasteiger partial charge in [0, 0.05) is 18.0 Å². The summed E-state index contributed by atoms with van der Waals surface area (Å²) in [6.07, 6.45) is 5.38. The molecule has 2 aromatic rings. The maximum absolute atomic E-state index is 14.5. The molecule has 0 spiro atoms. The Hall–Kier alpha value is -2.10. The molecule has 27 heavy (non-hydrogen) atoms. The summed E-state index contributed by atoms with van der Waals surface area (Å²) in [4.78, 5) is 16.4. The first-order chi connectivity index (χ1) is 12.9. The van der Waals surface area contributed by atoms with E-state index >= 15 is 0 Å². The Balaban J connectivity index is 1.53. The molecule has 4 heteroatoms. The van der Waals surface area contributed by atoms with Gasteiger partial charge >= 0.3 is 0 Å². The van der Waals surface area contributed by atoms with Crippen LogP contribution in [-0.4, -0.2) is 10.8 Å². The third kappa shape index (κ3) is 3.54. The molecule has 1 aromatic heterocycles. The van der Waals surface area contributed by atoms with Crippen molar-refractivity contribution < 1.29 is 13.6 Å². The fourth-order valence-electron chi connectivity index (χ4n) is 5.01. The summed E-state index contributed by atoms with van der Waals surface area (Å²) in [6.45, 7) is 3.87. The minimum atomic E-state index is -0.480. The lowest BCUT2D eigenvalue weighted by molar-refractivity contribution is -0.117. The number of hydrogen-bond donors (Lipinski definition) is 0. The summed E-state index contributed by atoms with van der Waals surface area (Å²) < 4.78 is 28.3. The lowest BCUT2D eigenvalue weighted by atomic mass is 9.91. The predicted octanol–water partition coefficient (Wildman–Crippen LogP) is 6.12. The van der Waals surface area contributed by atoms with E-state index in [4.69, 9.17) is 0 Å². The summed E-state index contributed by atoms with van der Waals surface area (Å²) in [5.41, 5.74) is 2.69. The average molecular weight is 369 g/mol. The standard InChI is InChI=1S/C23H25F2NO/c1-13(2)7-22(27)23(25)17-10-14-8-16(9-15(14)11-17)19-5-6-26-21-4-3-18(24)12-20(19)21/h3-6,12-16H,7-11H2,1-2H3/t14-,15+,16?. The minimum absolute atomic E-state index is 0.175. The van der Waals surface area contributed by atoms with Crippen LogP contribution in [0.15, 0.2) is 41.9 Å². The zero-order chi connectivity index (χ0) is 19.1. The Bertz CT molecular complexity index is 902. The number of Topliss-reactive ketones (excluding diaryl/α,β-unsaturated/α-hetero) is 1. The van der Waals surface area contributed by atoms with Gasteiger partial charge < -0.3 is 0 Å². The smallest absolute Gasteiger partial charge is 0.191 e. The normalized spacial score (nSPS) is 26.6. The van der Waals surface area contributed by atoms with Crippen molar-refractivity contribution in [3.8, 4) is 0 Å². The molecule has 0 saturated heterocycles. The van der Waals surface area contributed by atoms with Crippen molar-refractivity contribution >= 4 is 16.7 Å². The first kappa shape index (κ1) is 18.3. The van der Waals surface area contributed by atoms with Gasteiger partial charge in [0.25, 0.3) is 0 Å². The fourth-order valence-corrected chi connectivity index (χ4v) is 5.01. The Morgan fingerprint density at radius 2 is 1.89 bits per heavy atom. The third-order valence-corrected chi connectivity index (χ3v) is 6.18. The summed E-state index contributed by atoms with van der Waals surface area (Å²) in [7, 11) is 0. The molecule has 0 amide bonds. The molecule has 142 valence electrons. The highest BCUT2D eigenvalue weighted by atomic mass is 19.1. The molecule has 2 aliphatic carbocycles. The van der Waals surface area contributed by atoms with Gasteiger partial charge in [0.2, 0.25) is 0 Å². The second kappa shape index (κ2) is 7.14. The molecular weight excluding hydrogens is 344 g/mol. The van der Waals surface area contributed by atoms with Crippen LogP contribution < -0.4 is 0 Å². The van der Waals surface area contributed by atoms with Crippen molar-refractivity contribution in [1.82, 2.24) is 4.98 Å². The summed E-state index contributed by atoms with van der Waals surface area (Å²) in [5, 5.41) is 0.886. The van der Waals surface area contributed by atoms with Gasteiger partial charge in [0.1, 0.15) is 5.82 Å². The minimum Gasteiger partial charge on any atom is -0.292 e. The molecule has 2 aliphatic rings. The van der Waals surface area contributed by atoms with Crippen molar-refractivity contribution in [2.24, 2.45) is 17.8 Å². The summed E-state index contributed by atoms with van der Waals surface area (Å²) in [6, 6.07) is 6.73. The maximum Gasteiger partial charge on any atom is 0.191 e. The van der Waals surface area contributed by atoms with Crippen LogP contribution in [0.1, 0.15) is 57.4 Å². The van der Waals surface area contributed by atoms with Gasteiger partial charge in [0.05, 0.1) is 5.52 Å². The predicted molar refractivity (Wildman–Crippen MR) is 102 cm³/mol. The average Bonchev–Trinajstić information content (AvgIpc) is 3.18. The Kier molecular flexibility index (Phi) is 4.83. The lowest BCUT2D eigenvalue weighted by Gasteiger charge is -2.15. The molecule has 1 unspecified atom stereocenters. The van der Waals surface area contributed by atoms with Gasteiger partial charge in [-0.25, -0.2) is 8.78 Å². The van der Waals surface area contributed by atoms with Gasteiger partial charge in [-0.1, -0.05) is 13.8 Å². The van der Waals surface area contributed by atoms with Crippen molar-refractivity contribution in [1.29, 1.82) is 0 Å². The monoisotopic (exact) mass is 369 g/mol. The highest BCUT2D eigenvalue weighted by Crippen LogP contribution is 2.53. The number of nitrogens with zero attached hydrogens (tertiary/aromatic N) is 1. The summed E-state index contributed by atoms with van der Waals surface area (Å²) in [5.74, 6) is 0.292. The van der Waals surface area contributed by atoms with Crippen LogP contribution >= 0.6 is 0 Å². The highest BCUT2D eigenvalue weighted by Gasteiger charge is 2.41. The molecule has 1 heterocycles. The van der Waals surface area contributed by atoms with E-state index in [1.807, 2.05) is 19.9 Å². The zero-order valence-corrected chi connectivity index (χ0v) is 15.8. The van der Waals surface area contributed by atoms with E-state index < -0.39 is 5.83 Å². The van der Waals surface area contributed by atoms with Gasteiger partial charge in [-0.2, -0.15) is 0 Å². The molecule has 4 rings (SSSR count). The zero-order valence-electron chi connectivity index (χ0n) is 15.8. The number of hydrogen-bond acceptors (Lipinski definition) is 2. The van der Waals surface area contributed by atoms with E-state index in [2.05, 4.69) is 4.98 Å². The molecule has 0 bridgehead atoms. The van der Waals surface area contributed by atoms with Gasteiger partial charge in [-0.3, -0.25) is 9.78 Å². The number of carbonyl (C=O) groups excluding carboxylic acids is 1. The number of carbonyl (C=O) groups is 1. The van der Waals surface area contributed by atoms with Crippen molar-refractivity contribution in [2.45, 2.75) is 51.9 Å². The van der Waals surface area contributed by atoms with E-state index in [0.29, 0.717) is 30.6 Å². The second-order valence-corrected chi connectivity index (χ2v) is 8.60. The van der Waals surface area contributed by atoms with Gasteiger partial charge in [0.15, 0.2) is 11.6 Å². The molecule has 3 atom stereocenters. The van der Waals surface area contributed by atoms with E-state index in [1.54, 1.807) is 18.3 Å². The van der Waals surface area contributed by atoms with Gasteiger partial charge in [-0.15, -0.1) is 0 Å². The van der Waals surface area contributed by atoms with E-state index in [-0.39, 0.29) is 23.9 Å². The van der Waals surface area contributed by atoms with Gasteiger partial charge in [-0.05, 0) is 84.8 Å². The van der Waals surface area contributed by atoms with Crippen molar-refractivity contribution in [3.05, 3.63) is 53.2 Å². The topological polar surface area (TPSA) is 30.0 Å². The first-order valence-electron chi connectivity index (χ1n) is 9.87. The molecule has 2 fully saturated rings. The van der Waals surface area contributed by atoms with Crippen LogP contribution in [0.2, 0.25) is 0 Å². The molecule has 2 saturated carbocycles. The van der Waals surface area contributed by atoms with Crippen molar-refractivity contribution in [3.63, 3.8) is 0 Å². The lowest BCUT2D eigenvalue weighted by Crippen LogP contribution is -2.06. The number of fused-ring (bicyclic) bond motifs is 2. The first-order valence-corrected chi connectivity index (χ1v) is 9.87. The number of benzene rings is 1. The molecule has 1 aromatic carbocycles. The van der Waals surface area contributed by atoms with Crippen LogP contribution in [0.3, 0.4) is 0 Å². The quantitative estimate of drug-likeness (QED) is 0.608. The number of rotatable bonds is 4. The van der Waals surface area contributed by atoms with Crippen LogP contribution in [0.25, 0.3) is 10.9 Å². The Labute approximate surface area is 158 Å². The number of allylic oxidation sites excluding steroid dienone is 2. The molecule has 0 N–H and O–H groups in total. The second-order valence-electron chi connectivity index (χ2n) is 8.60. The largest absolute Gasteiger partial charge is 0.292 e. The van der Waals surface area contributed by atoms with Crippen molar-refractivity contribution in [2.75, 3.05) is 0 Å². The number of ketones is 1. The van der Waals surface area contributed by atoms with Crippen LogP contribution in [-0.2, 0) is 4.79 Å². The van der Waals surface area contributed by atoms with Crippen LogP contribution in [0.4, 0.5) is 8.78 Å². The van der Waals surface area contributed by atoms with E-state index in [9.17, 15) is 13.6 Å². The SMILES string of the molecule is CC(C)CC(=O)C(F)=C1C[C@@H]2CC(c3ccnc4ccc(F)cc34)C[C@@H]2C1. The molecule has 0 radical (unpaired) electrons. The number of halogens is 2. The molecular formula is C23H25F2NO. The van der Waals surface area contributed by atoms with Crippen LogP contribution in [0, 0.1) is 23.6 Å². The maximum atomic E-state index is 14.5. The molecule has 2 nitrogen and oxygen atoms in total. The van der Waals surface area contributed by atoms with E-state index in [0.717, 1.165) is 34.9 Å². The summed E-state index contributed by atoms with van der Waals surface area (Å²) >= 11 is 0. The Morgan fingerprint density at radius 3 is 2.56 bits per heavy atom. The van der Waals surface area contributed by atoms with Crippen LogP contribution in [0.5, 0.6) is 0 Å².